The van der Waals surface area contributed by atoms with Crippen LogP contribution in [0.1, 0.15) is 37.9 Å². The van der Waals surface area contributed by atoms with E-state index in [-0.39, 0.29) is 43.3 Å². The Labute approximate surface area is 277 Å². The molecule has 47 heavy (non-hydrogen) atoms. The number of imidazole rings is 1. The Balaban J connectivity index is 2.13. The minimum absolute atomic E-state index is 0.0242. The van der Waals surface area contributed by atoms with Crippen molar-refractivity contribution in [3.8, 4) is 0 Å². The summed E-state index contributed by atoms with van der Waals surface area (Å²) < 4.78 is 40.6. The van der Waals surface area contributed by atoms with Crippen LogP contribution in [0.2, 0.25) is 0 Å². The van der Waals surface area contributed by atoms with E-state index in [1.165, 1.54) is 24.5 Å². The van der Waals surface area contributed by atoms with Gasteiger partial charge in [0, 0.05) is 61.9 Å². The molecule has 0 spiro atoms. The average Bonchev–Trinajstić information content (AvgIpc) is 3.46. The van der Waals surface area contributed by atoms with Crippen molar-refractivity contribution in [2.45, 2.75) is 64.5 Å². The third kappa shape index (κ3) is 10.5. The first-order chi connectivity index (χ1) is 22.4. The molecule has 1 saturated heterocycles. The number of nitro groups is 1. The van der Waals surface area contributed by atoms with Crippen molar-refractivity contribution in [1.82, 2.24) is 19.4 Å². The van der Waals surface area contributed by atoms with E-state index in [2.05, 4.69) is 18.1 Å². The standard InChI is InChI=1S/C35H44FN5O5S/c1-6-12-27(17-18-29(36)9-4)23-38-26-37-22-32(38)25-39-31(19-20-47(5,45)46)24-40(30(13-7-2)14-8-3)35(42)34(39)21-28-15-10-11-16-33(28)41(43)44/h7-18,22,26,29,31,34H,2,4,6,19-21,23-25H2,1,3,5H3/b14-8-,18-17?,27-12+,30-13+/t29?,31-,34?/m0/s1. The lowest BCUT2D eigenvalue weighted by molar-refractivity contribution is -0.385. The highest BCUT2D eigenvalue weighted by molar-refractivity contribution is 7.90. The maximum atomic E-state index is 14.4. The molecule has 0 N–H and O–H groups in total. The Hall–Kier alpha value is -4.42. The number of carbonyl (C=O) groups is 1. The van der Waals surface area contributed by atoms with Crippen LogP contribution in [0.15, 0.2) is 110 Å². The third-order valence-corrected chi connectivity index (χ3v) is 8.83. The van der Waals surface area contributed by atoms with Gasteiger partial charge in [-0.3, -0.25) is 19.8 Å². The molecule has 1 aromatic heterocycles. The number of hydrogen-bond acceptors (Lipinski definition) is 7. The van der Waals surface area contributed by atoms with Crippen LogP contribution < -0.4 is 0 Å². The van der Waals surface area contributed by atoms with Crippen molar-refractivity contribution in [2.75, 3.05) is 18.6 Å². The van der Waals surface area contributed by atoms with Crippen LogP contribution in [0.3, 0.4) is 0 Å². The number of amides is 1. The van der Waals surface area contributed by atoms with Gasteiger partial charge in [0.15, 0.2) is 0 Å². The maximum absolute atomic E-state index is 14.4. The molecule has 3 atom stereocenters. The first-order valence-electron chi connectivity index (χ1n) is 15.5. The number of sulfone groups is 1. The number of piperazine rings is 1. The van der Waals surface area contributed by atoms with Crippen molar-refractivity contribution < 1.29 is 22.5 Å². The van der Waals surface area contributed by atoms with E-state index in [9.17, 15) is 27.7 Å². The second-order valence-corrected chi connectivity index (χ2v) is 13.6. The molecule has 1 aliphatic heterocycles. The highest BCUT2D eigenvalue weighted by Gasteiger charge is 2.42. The maximum Gasteiger partial charge on any atom is 0.272 e. The van der Waals surface area contributed by atoms with Gasteiger partial charge in [-0.15, -0.1) is 0 Å². The number of hydrogen-bond donors (Lipinski definition) is 0. The topological polar surface area (TPSA) is 119 Å². The molecule has 2 unspecified atom stereocenters. The number of nitrogens with zero attached hydrogens (tertiary/aromatic N) is 5. The van der Waals surface area contributed by atoms with Crippen molar-refractivity contribution in [3.05, 3.63) is 131 Å². The lowest BCUT2D eigenvalue weighted by Gasteiger charge is -2.46. The highest BCUT2D eigenvalue weighted by atomic mass is 32.2. The number of para-hydroxylation sites is 1. The summed E-state index contributed by atoms with van der Waals surface area (Å²) in [5.74, 6) is -0.386. The van der Waals surface area contributed by atoms with Gasteiger partial charge in [0.05, 0.1) is 28.7 Å². The predicted octanol–water partition coefficient (Wildman–Crippen LogP) is 5.91. The van der Waals surface area contributed by atoms with Crippen LogP contribution in [0.25, 0.3) is 0 Å². The fourth-order valence-electron chi connectivity index (χ4n) is 5.61. The van der Waals surface area contributed by atoms with E-state index >= 15 is 0 Å². The quantitative estimate of drug-likeness (QED) is 0.0892. The van der Waals surface area contributed by atoms with Gasteiger partial charge in [-0.25, -0.2) is 17.8 Å². The van der Waals surface area contributed by atoms with Crippen LogP contribution in [0.4, 0.5) is 10.1 Å². The molecule has 2 heterocycles. The summed E-state index contributed by atoms with van der Waals surface area (Å²) in [6.45, 7) is 11.9. The van der Waals surface area contributed by atoms with Crippen molar-refractivity contribution in [3.63, 3.8) is 0 Å². The van der Waals surface area contributed by atoms with Crippen LogP contribution in [-0.2, 0) is 34.1 Å². The first kappa shape index (κ1) is 37.0. The minimum atomic E-state index is -3.36. The van der Waals surface area contributed by atoms with Crippen molar-refractivity contribution in [2.24, 2.45) is 0 Å². The van der Waals surface area contributed by atoms with Gasteiger partial charge in [-0.05, 0) is 43.6 Å². The number of nitro benzene ring substituents is 1. The van der Waals surface area contributed by atoms with Gasteiger partial charge in [0.1, 0.15) is 16.0 Å². The fraction of sp³-hybridized carbons (Fsp3) is 0.371. The van der Waals surface area contributed by atoms with Crippen molar-refractivity contribution >= 4 is 21.4 Å². The Morgan fingerprint density at radius 3 is 2.64 bits per heavy atom. The molecule has 12 heteroatoms. The molecule has 0 radical (unpaired) electrons. The second-order valence-electron chi connectivity index (χ2n) is 11.4. The molecule has 10 nitrogen and oxygen atoms in total. The average molecular weight is 666 g/mol. The minimum Gasteiger partial charge on any atom is -0.329 e. The van der Waals surface area contributed by atoms with Gasteiger partial charge in [-0.2, -0.15) is 0 Å². The summed E-state index contributed by atoms with van der Waals surface area (Å²) in [5, 5.41) is 12.0. The molecule has 3 rings (SSSR count). The SMILES string of the molecule is C=C/C=C(\C=C/C)N1C[C@H](CCS(C)(=O)=O)N(Cc2cncn2C/C(C=CC(F)C=C)=C/CC)C(Cc2ccccc2[N+](=O)[O-])C1=O. The number of halogens is 1. The molecule has 1 aromatic carbocycles. The zero-order valence-corrected chi connectivity index (χ0v) is 28.1. The number of carbonyl (C=O) groups excluding carboxylic acids is 1. The van der Waals surface area contributed by atoms with E-state index in [1.807, 2.05) is 29.4 Å². The van der Waals surface area contributed by atoms with E-state index in [4.69, 9.17) is 0 Å². The Bertz CT molecular complexity index is 1660. The molecule has 252 valence electrons. The first-order valence-corrected chi connectivity index (χ1v) is 17.5. The third-order valence-electron chi connectivity index (χ3n) is 7.86. The molecule has 0 saturated carbocycles. The summed E-state index contributed by atoms with van der Waals surface area (Å²) in [5.41, 5.74) is 2.47. The van der Waals surface area contributed by atoms with E-state index in [0.717, 1.165) is 17.7 Å². The Morgan fingerprint density at radius 2 is 2.00 bits per heavy atom. The summed E-state index contributed by atoms with van der Waals surface area (Å²) in [6.07, 6.45) is 17.4. The Kier molecular flexibility index (Phi) is 13.8. The normalized spacial score (nSPS) is 19.1. The number of rotatable bonds is 17. The smallest absolute Gasteiger partial charge is 0.272 e. The largest absolute Gasteiger partial charge is 0.329 e. The number of allylic oxidation sites excluding steroid dienone is 9. The van der Waals surface area contributed by atoms with Crippen LogP contribution in [0, 0.1) is 10.1 Å². The molecule has 1 aliphatic rings. The number of aromatic nitrogens is 2. The predicted molar refractivity (Wildman–Crippen MR) is 184 cm³/mol. The molecular formula is C35H44FN5O5S. The summed E-state index contributed by atoms with van der Waals surface area (Å²) >= 11 is 0. The van der Waals surface area contributed by atoms with Crippen LogP contribution in [0.5, 0.6) is 0 Å². The zero-order valence-electron chi connectivity index (χ0n) is 27.2. The van der Waals surface area contributed by atoms with E-state index in [0.29, 0.717) is 17.8 Å². The number of alkyl halides is 1. The fourth-order valence-corrected chi connectivity index (χ4v) is 6.31. The number of benzene rings is 1. The summed E-state index contributed by atoms with van der Waals surface area (Å²) in [6, 6.07) is 5.02. The van der Waals surface area contributed by atoms with Gasteiger partial charge in [0.25, 0.3) is 5.69 Å². The van der Waals surface area contributed by atoms with E-state index in [1.54, 1.807) is 66.0 Å². The van der Waals surface area contributed by atoms with Crippen LogP contribution in [-0.4, -0.2) is 75.4 Å². The molecular weight excluding hydrogens is 621 g/mol. The molecule has 0 bridgehead atoms. The second kappa shape index (κ2) is 17.5. The summed E-state index contributed by atoms with van der Waals surface area (Å²) in [7, 11) is -3.36. The molecule has 1 fully saturated rings. The van der Waals surface area contributed by atoms with Gasteiger partial charge in [-0.1, -0.05) is 68.7 Å². The lowest BCUT2D eigenvalue weighted by Crippen LogP contribution is -2.62. The molecule has 2 aromatic rings. The van der Waals surface area contributed by atoms with Crippen LogP contribution >= 0.6 is 0 Å². The lowest BCUT2D eigenvalue weighted by atomic mass is 9.95. The van der Waals surface area contributed by atoms with E-state index < -0.39 is 33.0 Å². The zero-order chi connectivity index (χ0) is 34.6. The van der Waals surface area contributed by atoms with Crippen molar-refractivity contribution in [1.29, 1.82) is 0 Å². The molecule has 1 amide bonds. The van der Waals surface area contributed by atoms with Gasteiger partial charge >= 0.3 is 0 Å². The Morgan fingerprint density at radius 1 is 1.26 bits per heavy atom. The highest BCUT2D eigenvalue weighted by Crippen LogP contribution is 2.30. The molecule has 0 aliphatic carbocycles. The monoisotopic (exact) mass is 665 g/mol. The van der Waals surface area contributed by atoms with Gasteiger partial charge in [0.2, 0.25) is 5.91 Å². The van der Waals surface area contributed by atoms with Gasteiger partial charge < -0.3 is 9.47 Å². The summed E-state index contributed by atoms with van der Waals surface area (Å²) in [4.78, 5) is 33.8.